The number of benzene rings is 5. The summed E-state index contributed by atoms with van der Waals surface area (Å²) in [6.07, 6.45) is 26.0. The minimum Gasteiger partial charge on any atom is -0.390 e. The van der Waals surface area contributed by atoms with Gasteiger partial charge in [0, 0.05) is 174 Å². The number of Topliss-reactive ketones (excluding diaryl/α,β-unsaturated/α-hetero) is 5. The van der Waals surface area contributed by atoms with E-state index in [0.717, 1.165) is 178 Å². The van der Waals surface area contributed by atoms with Gasteiger partial charge in [0.25, 0.3) is 0 Å². The van der Waals surface area contributed by atoms with Crippen molar-refractivity contribution in [3.63, 3.8) is 0 Å². The summed E-state index contributed by atoms with van der Waals surface area (Å²) in [5, 5.41) is 14.9. The molecule has 1 aliphatic carbocycles. The number of aliphatic hydroxyl groups is 1. The third-order valence-corrected chi connectivity index (χ3v) is 23.3. The normalized spacial score (nSPS) is 18.2. The van der Waals surface area contributed by atoms with Crippen LogP contribution in [0.4, 0.5) is 0 Å². The topological polar surface area (TPSA) is 160 Å². The molecule has 6 fully saturated rings. The van der Waals surface area contributed by atoms with Crippen LogP contribution in [0.15, 0.2) is 152 Å². The number of para-hydroxylation sites is 4. The Balaban J connectivity index is 0.000000133. The van der Waals surface area contributed by atoms with Crippen molar-refractivity contribution >= 4 is 72.5 Å². The standard InChI is InChI=1S/C25H28N2O3.C22H31N3O.C22H30N2O2.C20H28N2O2/c1-18(28)23-17-27(24-10-6-5-9-22(23)24)16-21(29)15-26-13-11-20(12-14-26)25(30)19-7-3-2-4-8-19;1-18(26)21-17-25(22-8-3-2-7-20(21)22)14-6-11-23-15-9-19(10-16-23)24-12-4-5-13-24;1-17(25)21-15-24(22-6-3-2-5-20(21)22)12-4-11-23-13-9-19(10-14-23)26-16-18-7-8-18;1-16(23)19-14-22(20-7-4-3-6-18(19)20)11-5-10-21-12-8-17(9-13-21)15-24-2/h2-10,17,20-21,29H,11-16H2,1H3;2-3,7-8,17,19H,4-6,9-16H2,1H3;2-3,5-6,15,18-19H,4,7-14,16H2,1H3;3-4,6-7,14,17H,5,8-13,15H2,1-2H3. The lowest BCUT2D eigenvalue weighted by Crippen LogP contribution is -2.44. The van der Waals surface area contributed by atoms with Crippen LogP contribution >= 0.6 is 0 Å². The van der Waals surface area contributed by atoms with Crippen LogP contribution in [0.2, 0.25) is 0 Å². The lowest BCUT2D eigenvalue weighted by Gasteiger charge is -2.36. The van der Waals surface area contributed by atoms with Gasteiger partial charge in [-0.1, -0.05) is 103 Å². The SMILES string of the molecule is CC(=O)c1cn(CC(O)CN2CCC(C(=O)c3ccccc3)CC2)c2ccccc12.CC(=O)c1cn(CCCN2CCC(N3CCCC3)CC2)c2ccccc12.CC(=O)c1cn(CCCN2CCC(OCC3CC3)CC2)c2ccccc12.COCC1CCN(CCCn2cc(C(C)=O)c3ccccc32)CC1. The number of aryl methyl sites for hydroxylation is 3. The number of β-amino-alcohol motifs (C(OH)–C–C–N with tert-alkyl or cyclic N) is 1. The summed E-state index contributed by atoms with van der Waals surface area (Å²) in [7, 11) is 1.79. The number of piperidine rings is 4. The number of ketones is 5. The molecule has 0 amide bonds. The van der Waals surface area contributed by atoms with Crippen LogP contribution < -0.4 is 0 Å². The number of fused-ring (bicyclic) bond motifs is 4. The van der Waals surface area contributed by atoms with E-state index in [-0.39, 0.29) is 34.8 Å². The Bertz CT molecular complexity index is 4320. The average molecular weight is 1440 g/mol. The number of aromatic nitrogens is 4. The second-order valence-electron chi connectivity index (χ2n) is 31.1. The van der Waals surface area contributed by atoms with Crippen LogP contribution in [0.1, 0.15) is 176 Å². The van der Waals surface area contributed by atoms with E-state index in [9.17, 15) is 29.1 Å². The van der Waals surface area contributed by atoms with Crippen LogP contribution in [0, 0.1) is 17.8 Å². The molecule has 4 aromatic heterocycles. The Labute approximate surface area is 628 Å². The summed E-state index contributed by atoms with van der Waals surface area (Å²) < 4.78 is 20.0. The largest absolute Gasteiger partial charge is 0.390 e. The van der Waals surface area contributed by atoms with Gasteiger partial charge in [0.1, 0.15) is 0 Å². The second kappa shape index (κ2) is 38.4. The van der Waals surface area contributed by atoms with Crippen LogP contribution in [0.25, 0.3) is 43.6 Å². The van der Waals surface area contributed by atoms with Gasteiger partial charge in [-0.2, -0.15) is 0 Å². The highest BCUT2D eigenvalue weighted by Crippen LogP contribution is 2.32. The Kier molecular flexibility index (Phi) is 28.2. The van der Waals surface area contributed by atoms with Gasteiger partial charge in [0.05, 0.1) is 12.2 Å². The third-order valence-electron chi connectivity index (χ3n) is 23.3. The van der Waals surface area contributed by atoms with Gasteiger partial charge in [-0.3, -0.25) is 24.0 Å². The first-order valence-electron chi connectivity index (χ1n) is 40.0. The van der Waals surface area contributed by atoms with Crippen molar-refractivity contribution < 1.29 is 38.6 Å². The molecular weight excluding hydrogens is 1320 g/mol. The number of nitrogens with zero attached hydrogens (tertiary/aromatic N) is 9. The molecule has 0 radical (unpaired) electrons. The second-order valence-corrected chi connectivity index (χ2v) is 31.1. The first-order valence-corrected chi connectivity index (χ1v) is 40.0. The van der Waals surface area contributed by atoms with Gasteiger partial charge < -0.3 is 57.3 Å². The summed E-state index contributed by atoms with van der Waals surface area (Å²) in [6, 6.07) is 42.8. The molecule has 17 nitrogen and oxygen atoms in total. The number of carbonyl (C=O) groups is 5. The zero-order chi connectivity index (χ0) is 73.9. The predicted molar refractivity (Wildman–Crippen MR) is 427 cm³/mol. The molecule has 5 saturated heterocycles. The molecule has 106 heavy (non-hydrogen) atoms. The maximum absolute atomic E-state index is 12.7. The summed E-state index contributed by atoms with van der Waals surface area (Å²) in [4.78, 5) is 72.9. The molecule has 5 aromatic carbocycles. The van der Waals surface area contributed by atoms with Gasteiger partial charge in [-0.25, -0.2) is 0 Å². The molecule has 5 aliphatic heterocycles. The van der Waals surface area contributed by atoms with E-state index < -0.39 is 6.10 Å². The molecule has 1 saturated carbocycles. The molecular formula is C89H117N9O8. The van der Waals surface area contributed by atoms with Crippen molar-refractivity contribution in [2.75, 3.05) is 112 Å². The van der Waals surface area contributed by atoms with E-state index in [1.807, 2.05) is 114 Å². The number of hydrogen-bond acceptors (Lipinski definition) is 13. The maximum atomic E-state index is 12.7. The fourth-order valence-corrected chi connectivity index (χ4v) is 17.1. The first-order chi connectivity index (χ1) is 51.6. The van der Waals surface area contributed by atoms with E-state index in [1.165, 1.54) is 120 Å². The molecule has 566 valence electrons. The van der Waals surface area contributed by atoms with Crippen LogP contribution in [-0.2, 0) is 35.7 Å². The number of methoxy groups -OCH3 is 1. The lowest BCUT2D eigenvalue weighted by atomic mass is 9.89. The fraction of sp³-hybridized carbons (Fsp3) is 0.517. The Morgan fingerprint density at radius 2 is 0.764 bits per heavy atom. The Morgan fingerprint density at radius 1 is 0.396 bits per heavy atom. The Hall–Kier alpha value is -7.71. The maximum Gasteiger partial charge on any atom is 0.166 e. The molecule has 15 rings (SSSR count). The lowest BCUT2D eigenvalue weighted by molar-refractivity contribution is 0.00219. The van der Waals surface area contributed by atoms with Gasteiger partial charge in [0.15, 0.2) is 28.9 Å². The summed E-state index contributed by atoms with van der Waals surface area (Å²) in [6.45, 7) is 27.2. The molecule has 1 N–H and O–H groups in total. The van der Waals surface area contributed by atoms with Gasteiger partial charge in [-0.05, 0) is 232 Å². The molecule has 0 bridgehead atoms. The van der Waals surface area contributed by atoms with Crippen molar-refractivity contribution in [2.45, 2.75) is 168 Å². The predicted octanol–water partition coefficient (Wildman–Crippen LogP) is 15.3. The molecule has 1 atom stereocenters. The molecule has 17 heteroatoms. The van der Waals surface area contributed by atoms with Crippen molar-refractivity contribution in [1.82, 2.24) is 42.8 Å². The fourth-order valence-electron chi connectivity index (χ4n) is 17.1. The van der Waals surface area contributed by atoms with Gasteiger partial charge in [0.2, 0.25) is 0 Å². The molecule has 1 unspecified atom stereocenters. The molecule has 9 aromatic rings. The van der Waals surface area contributed by atoms with Gasteiger partial charge >= 0.3 is 0 Å². The van der Waals surface area contributed by atoms with E-state index in [4.69, 9.17) is 9.47 Å². The van der Waals surface area contributed by atoms with Crippen LogP contribution in [-0.4, -0.2) is 207 Å². The monoisotopic (exact) mass is 1440 g/mol. The van der Waals surface area contributed by atoms with E-state index in [0.29, 0.717) is 24.8 Å². The highest BCUT2D eigenvalue weighted by Gasteiger charge is 2.30. The zero-order valence-electron chi connectivity index (χ0n) is 64.0. The van der Waals surface area contributed by atoms with Crippen molar-refractivity contribution in [2.24, 2.45) is 17.8 Å². The van der Waals surface area contributed by atoms with Crippen LogP contribution in [0.3, 0.4) is 0 Å². The van der Waals surface area contributed by atoms with Crippen LogP contribution in [0.5, 0.6) is 0 Å². The summed E-state index contributed by atoms with van der Waals surface area (Å²) >= 11 is 0. The minimum atomic E-state index is -0.540. The van der Waals surface area contributed by atoms with Gasteiger partial charge in [-0.15, -0.1) is 0 Å². The molecule has 6 aliphatic rings. The Morgan fingerprint density at radius 3 is 1.18 bits per heavy atom. The van der Waals surface area contributed by atoms with E-state index in [1.54, 1.807) is 34.8 Å². The van der Waals surface area contributed by atoms with E-state index in [2.05, 4.69) is 80.7 Å². The highest BCUT2D eigenvalue weighted by atomic mass is 16.5. The number of hydrogen-bond donors (Lipinski definition) is 1. The van der Waals surface area contributed by atoms with Crippen molar-refractivity contribution in [1.29, 1.82) is 0 Å². The number of likely N-dealkylation sites (tertiary alicyclic amines) is 5. The van der Waals surface area contributed by atoms with Crippen molar-refractivity contribution in [3.8, 4) is 0 Å². The third kappa shape index (κ3) is 20.9. The highest BCUT2D eigenvalue weighted by molar-refractivity contribution is 6.09. The summed E-state index contributed by atoms with van der Waals surface area (Å²) in [5.74, 6) is 2.37. The average Bonchev–Trinajstić information content (AvgIpc) is 1.68. The number of ether oxygens (including phenoxy) is 2. The number of rotatable bonds is 28. The number of aliphatic hydroxyl groups excluding tert-OH is 1. The number of carbonyl (C=O) groups excluding carboxylic acids is 5. The van der Waals surface area contributed by atoms with E-state index >= 15 is 0 Å². The smallest absolute Gasteiger partial charge is 0.166 e. The van der Waals surface area contributed by atoms with Crippen molar-refractivity contribution in [3.05, 3.63) is 180 Å². The molecule has 0 spiro atoms. The first kappa shape index (κ1) is 77.9. The summed E-state index contributed by atoms with van der Waals surface area (Å²) in [5.41, 5.74) is 8.51. The minimum absolute atomic E-state index is 0.0320. The zero-order valence-corrected chi connectivity index (χ0v) is 64.0. The molecule has 9 heterocycles. The quantitative estimate of drug-likeness (QED) is 0.0462.